The number of rotatable bonds is 9. The van der Waals surface area contributed by atoms with Crippen LogP contribution < -0.4 is 0 Å². The van der Waals surface area contributed by atoms with Crippen LogP contribution in [0.15, 0.2) is 46.1 Å². The molecule has 5 heteroatoms. The maximum absolute atomic E-state index is 12.4. The second-order valence-corrected chi connectivity index (χ2v) is 7.63. The summed E-state index contributed by atoms with van der Waals surface area (Å²) in [6, 6.07) is 0. The first-order valence-corrected chi connectivity index (χ1v) is 9.32. The minimum atomic E-state index is -1.66. The lowest BCUT2D eigenvalue weighted by molar-refractivity contribution is -0.116. The predicted molar refractivity (Wildman–Crippen MR) is 103 cm³/mol. The van der Waals surface area contributed by atoms with Gasteiger partial charge in [-0.15, -0.1) is 0 Å². The fourth-order valence-electron chi connectivity index (χ4n) is 3.12. The topological polar surface area (TPSA) is 54.4 Å². The molecule has 3 nitrogen and oxygen atoms in total. The number of hydrogen-bond donors (Lipinski definition) is 1. The Bertz CT molecular complexity index is 718. The van der Waals surface area contributed by atoms with Gasteiger partial charge in [0.1, 0.15) is 0 Å². The molecular formula is C22H30F2O3. The molecule has 150 valence electrons. The van der Waals surface area contributed by atoms with E-state index in [1.165, 1.54) is 0 Å². The predicted octanol–water partition coefficient (Wildman–Crippen LogP) is 5.61. The summed E-state index contributed by atoms with van der Waals surface area (Å²) in [6.45, 7) is 8.60. The Morgan fingerprint density at radius 2 is 1.56 bits per heavy atom. The molecule has 1 atom stereocenters. The van der Waals surface area contributed by atoms with E-state index in [1.54, 1.807) is 27.7 Å². The maximum atomic E-state index is 12.4. The van der Waals surface area contributed by atoms with E-state index in [9.17, 15) is 23.5 Å². The number of ketones is 2. The number of hydrogen-bond acceptors (Lipinski definition) is 3. The zero-order chi connectivity index (χ0) is 20.8. The second kappa shape index (κ2) is 9.88. The van der Waals surface area contributed by atoms with Crippen LogP contribution >= 0.6 is 0 Å². The van der Waals surface area contributed by atoms with Gasteiger partial charge in [0, 0.05) is 22.3 Å². The smallest absolute Gasteiger partial charge is 0.266 e. The van der Waals surface area contributed by atoms with Crippen molar-refractivity contribution in [1.29, 1.82) is 0 Å². The van der Waals surface area contributed by atoms with Crippen molar-refractivity contribution in [1.82, 2.24) is 0 Å². The molecule has 0 spiro atoms. The van der Waals surface area contributed by atoms with Crippen LogP contribution in [-0.2, 0) is 9.59 Å². The second-order valence-electron chi connectivity index (χ2n) is 7.63. The molecule has 0 aromatic carbocycles. The van der Waals surface area contributed by atoms with Crippen LogP contribution in [0.2, 0.25) is 0 Å². The molecule has 1 N–H and O–H groups in total. The van der Waals surface area contributed by atoms with E-state index in [-0.39, 0.29) is 11.6 Å². The molecule has 1 rings (SSSR count). The number of carbonyl (C=O) groups is 2. The molecule has 0 radical (unpaired) electrons. The van der Waals surface area contributed by atoms with Crippen LogP contribution in [-0.4, -0.2) is 22.3 Å². The first-order chi connectivity index (χ1) is 12.5. The summed E-state index contributed by atoms with van der Waals surface area (Å²) in [5, 5.41) is 10.6. The summed E-state index contributed by atoms with van der Waals surface area (Å²) in [5.41, 5.74) is 1.99. The number of allylic oxidation sites excluding steroid dienone is 7. The minimum absolute atomic E-state index is 0.0981. The van der Waals surface area contributed by atoms with Crippen molar-refractivity contribution in [2.75, 3.05) is 0 Å². The van der Waals surface area contributed by atoms with Gasteiger partial charge < -0.3 is 5.11 Å². The Kier molecular flexibility index (Phi) is 8.48. The Balaban J connectivity index is 2.60. The summed E-state index contributed by atoms with van der Waals surface area (Å²) in [4.78, 5) is 24.6. The average molecular weight is 380 g/mol. The molecule has 0 saturated carbocycles. The summed E-state index contributed by atoms with van der Waals surface area (Å²) < 4.78 is 24.0. The lowest BCUT2D eigenvalue weighted by Gasteiger charge is -2.25. The molecule has 0 bridgehead atoms. The molecule has 0 heterocycles. The molecule has 0 saturated heterocycles. The molecule has 0 amide bonds. The molecule has 1 aliphatic rings. The van der Waals surface area contributed by atoms with Crippen molar-refractivity contribution in [2.24, 2.45) is 0 Å². The standard InChI is InChI=1S/C22H30F2O3/c1-14(8-6-10-19(23)24)9-7-12-22(5,27)13-11-18-17(4)20(25)15(2)16(3)21(18)26/h9-10,27H,6-8,11-13H2,1-5H3. The third kappa shape index (κ3) is 6.98. The largest absolute Gasteiger partial charge is 0.390 e. The van der Waals surface area contributed by atoms with E-state index in [0.29, 0.717) is 60.8 Å². The third-order valence-electron chi connectivity index (χ3n) is 5.24. The van der Waals surface area contributed by atoms with Gasteiger partial charge in [0.2, 0.25) is 0 Å². The highest BCUT2D eigenvalue weighted by Crippen LogP contribution is 2.30. The Hall–Kier alpha value is -1.88. The molecule has 1 unspecified atom stereocenters. The van der Waals surface area contributed by atoms with Gasteiger partial charge >= 0.3 is 0 Å². The summed E-state index contributed by atoms with van der Waals surface area (Å²) in [7, 11) is 0. The van der Waals surface area contributed by atoms with Gasteiger partial charge in [-0.3, -0.25) is 9.59 Å². The summed E-state index contributed by atoms with van der Waals surface area (Å²) in [5.74, 6) is -0.205. The summed E-state index contributed by atoms with van der Waals surface area (Å²) in [6.07, 6.45) is 3.93. The SMILES string of the molecule is CC(=CCCC(C)(O)CCC1=C(C)C(=O)C(C)=C(C)C1=O)CCC=C(F)F. The van der Waals surface area contributed by atoms with E-state index in [4.69, 9.17) is 0 Å². The highest BCUT2D eigenvalue weighted by Gasteiger charge is 2.29. The lowest BCUT2D eigenvalue weighted by atomic mass is 9.82. The van der Waals surface area contributed by atoms with E-state index in [0.717, 1.165) is 11.6 Å². The highest BCUT2D eigenvalue weighted by atomic mass is 19.3. The van der Waals surface area contributed by atoms with Gasteiger partial charge in [-0.1, -0.05) is 11.6 Å². The minimum Gasteiger partial charge on any atom is -0.390 e. The van der Waals surface area contributed by atoms with E-state index in [2.05, 4.69) is 0 Å². The van der Waals surface area contributed by atoms with Crippen molar-refractivity contribution in [3.8, 4) is 0 Å². The van der Waals surface area contributed by atoms with Gasteiger partial charge in [-0.25, -0.2) is 0 Å². The zero-order valence-corrected chi connectivity index (χ0v) is 16.9. The van der Waals surface area contributed by atoms with Crippen LogP contribution in [0, 0.1) is 0 Å². The van der Waals surface area contributed by atoms with Crippen LogP contribution in [0.1, 0.15) is 73.1 Å². The Labute approximate surface area is 160 Å². The van der Waals surface area contributed by atoms with Crippen LogP contribution in [0.25, 0.3) is 0 Å². The Morgan fingerprint density at radius 1 is 0.963 bits per heavy atom. The van der Waals surface area contributed by atoms with Crippen LogP contribution in [0.4, 0.5) is 8.78 Å². The van der Waals surface area contributed by atoms with Gasteiger partial charge in [-0.05, 0) is 79.2 Å². The molecule has 0 fully saturated rings. The lowest BCUT2D eigenvalue weighted by Crippen LogP contribution is -2.26. The first-order valence-electron chi connectivity index (χ1n) is 9.32. The van der Waals surface area contributed by atoms with Gasteiger partial charge in [0.25, 0.3) is 6.08 Å². The van der Waals surface area contributed by atoms with E-state index >= 15 is 0 Å². The highest BCUT2D eigenvalue weighted by molar-refractivity contribution is 6.24. The first kappa shape index (κ1) is 23.2. The van der Waals surface area contributed by atoms with Crippen molar-refractivity contribution < 1.29 is 23.5 Å². The monoisotopic (exact) mass is 380 g/mol. The number of halogens is 2. The van der Waals surface area contributed by atoms with E-state index < -0.39 is 11.7 Å². The van der Waals surface area contributed by atoms with Gasteiger partial charge in [0.05, 0.1) is 5.60 Å². The quantitative estimate of drug-likeness (QED) is 0.418. The fraction of sp³-hybridized carbons (Fsp3) is 0.545. The maximum Gasteiger partial charge on any atom is 0.266 e. The van der Waals surface area contributed by atoms with Gasteiger partial charge in [0.15, 0.2) is 11.6 Å². The van der Waals surface area contributed by atoms with E-state index in [1.807, 2.05) is 13.0 Å². The zero-order valence-electron chi connectivity index (χ0n) is 16.9. The summed E-state index contributed by atoms with van der Waals surface area (Å²) >= 11 is 0. The normalized spacial score (nSPS) is 18.1. The number of aliphatic hydroxyl groups is 1. The molecule has 0 aliphatic heterocycles. The molecule has 1 aliphatic carbocycles. The molecule has 0 aromatic rings. The molecule has 27 heavy (non-hydrogen) atoms. The third-order valence-corrected chi connectivity index (χ3v) is 5.24. The van der Waals surface area contributed by atoms with Crippen LogP contribution in [0.3, 0.4) is 0 Å². The van der Waals surface area contributed by atoms with Crippen molar-refractivity contribution in [3.63, 3.8) is 0 Å². The van der Waals surface area contributed by atoms with Crippen molar-refractivity contribution >= 4 is 11.6 Å². The average Bonchev–Trinajstić information content (AvgIpc) is 2.57. The van der Waals surface area contributed by atoms with Crippen molar-refractivity contribution in [2.45, 2.75) is 78.7 Å². The van der Waals surface area contributed by atoms with Crippen molar-refractivity contribution in [3.05, 3.63) is 46.1 Å². The van der Waals surface area contributed by atoms with Gasteiger partial charge in [-0.2, -0.15) is 8.78 Å². The molecule has 0 aromatic heterocycles. The number of carbonyl (C=O) groups excluding carboxylic acids is 2. The Morgan fingerprint density at radius 3 is 2.15 bits per heavy atom. The molecular weight excluding hydrogens is 350 g/mol. The fourth-order valence-corrected chi connectivity index (χ4v) is 3.12. The number of Topliss-reactive ketones (excluding diaryl/α,β-unsaturated/α-hetero) is 2. The van der Waals surface area contributed by atoms with Crippen LogP contribution in [0.5, 0.6) is 0 Å².